The van der Waals surface area contributed by atoms with Crippen molar-refractivity contribution < 1.29 is 12.8 Å². The lowest BCUT2D eigenvalue weighted by molar-refractivity contribution is 0.563. The average molecular weight is 336 g/mol. The maximum atomic E-state index is 12.5. The van der Waals surface area contributed by atoms with E-state index in [2.05, 4.69) is 15.2 Å². The number of hydrogen-bond acceptors (Lipinski definition) is 7. The van der Waals surface area contributed by atoms with Gasteiger partial charge in [-0.25, -0.2) is 13.4 Å². The van der Waals surface area contributed by atoms with Crippen molar-refractivity contribution in [1.82, 2.24) is 19.7 Å². The molecule has 0 spiro atoms. The van der Waals surface area contributed by atoms with Crippen LogP contribution in [0.25, 0.3) is 10.8 Å². The van der Waals surface area contributed by atoms with Crippen molar-refractivity contribution in [2.75, 3.05) is 0 Å². The maximum Gasteiger partial charge on any atom is 0.250 e. The highest BCUT2D eigenvalue weighted by Gasteiger charge is 2.32. The summed E-state index contributed by atoms with van der Waals surface area (Å²) in [5.41, 5.74) is 0.488. The van der Waals surface area contributed by atoms with E-state index in [0.717, 1.165) is 12.8 Å². The first kappa shape index (κ1) is 13.6. The van der Waals surface area contributed by atoms with Gasteiger partial charge in [-0.2, -0.15) is 0 Å². The van der Waals surface area contributed by atoms with E-state index in [1.54, 1.807) is 28.3 Å². The summed E-state index contributed by atoms with van der Waals surface area (Å²) in [6.45, 7) is 0. The predicted molar refractivity (Wildman–Crippen MR) is 79.0 cm³/mol. The van der Waals surface area contributed by atoms with Crippen LogP contribution < -0.4 is 0 Å². The second kappa shape index (κ2) is 5.03. The Labute approximate surface area is 130 Å². The van der Waals surface area contributed by atoms with Crippen LogP contribution in [0.15, 0.2) is 39.7 Å². The van der Waals surface area contributed by atoms with Crippen molar-refractivity contribution >= 4 is 21.2 Å². The first-order valence-electron chi connectivity index (χ1n) is 6.74. The Bertz CT molecular complexity index is 892. The van der Waals surface area contributed by atoms with Gasteiger partial charge in [0, 0.05) is 11.4 Å². The fourth-order valence-corrected chi connectivity index (χ4v) is 4.45. The first-order chi connectivity index (χ1) is 10.6. The van der Waals surface area contributed by atoms with E-state index in [1.807, 2.05) is 0 Å². The van der Waals surface area contributed by atoms with E-state index in [4.69, 9.17) is 4.42 Å². The van der Waals surface area contributed by atoms with E-state index in [1.165, 1.54) is 17.7 Å². The lowest BCUT2D eigenvalue weighted by Gasteiger charge is -2.04. The molecule has 0 aliphatic heterocycles. The third-order valence-corrected chi connectivity index (χ3v) is 5.81. The molecule has 0 bridgehead atoms. The molecule has 1 aliphatic carbocycles. The summed E-state index contributed by atoms with van der Waals surface area (Å²) in [5.74, 6) is 0.449. The normalized spacial score (nSPS) is 15.3. The summed E-state index contributed by atoms with van der Waals surface area (Å²) in [6, 6.07) is 3.78. The molecule has 0 radical (unpaired) electrons. The highest BCUT2D eigenvalue weighted by molar-refractivity contribution is 7.90. The molecule has 0 aromatic carbocycles. The summed E-state index contributed by atoms with van der Waals surface area (Å²) < 4.78 is 32.0. The summed E-state index contributed by atoms with van der Waals surface area (Å²) in [7, 11) is -3.56. The molecule has 0 saturated heterocycles. The number of rotatable bonds is 5. The van der Waals surface area contributed by atoms with Crippen LogP contribution in [-0.2, 0) is 15.6 Å². The van der Waals surface area contributed by atoms with Crippen LogP contribution in [0.3, 0.4) is 0 Å². The SMILES string of the molecule is O=S(=O)(Cc1csc(-c2ccco2)n1)c1nncn1C1CC1. The largest absolute Gasteiger partial charge is 0.462 e. The van der Waals surface area contributed by atoms with Crippen molar-refractivity contribution in [1.29, 1.82) is 0 Å². The monoisotopic (exact) mass is 336 g/mol. The minimum atomic E-state index is -3.56. The molecule has 7 nitrogen and oxygen atoms in total. The molecular formula is C13H12N4O3S2. The smallest absolute Gasteiger partial charge is 0.250 e. The summed E-state index contributed by atoms with van der Waals surface area (Å²) in [5, 5.41) is 9.95. The molecule has 1 saturated carbocycles. The molecule has 3 aromatic rings. The van der Waals surface area contributed by atoms with Gasteiger partial charge >= 0.3 is 0 Å². The van der Waals surface area contributed by atoms with Gasteiger partial charge in [0.25, 0.3) is 0 Å². The van der Waals surface area contributed by atoms with E-state index in [0.29, 0.717) is 16.5 Å². The van der Waals surface area contributed by atoms with Crippen LogP contribution in [0.5, 0.6) is 0 Å². The Morgan fingerprint density at radius 1 is 1.41 bits per heavy atom. The zero-order valence-corrected chi connectivity index (χ0v) is 13.0. The lowest BCUT2D eigenvalue weighted by atomic mass is 10.5. The first-order valence-corrected chi connectivity index (χ1v) is 9.27. The van der Waals surface area contributed by atoms with Crippen molar-refractivity contribution in [2.24, 2.45) is 0 Å². The van der Waals surface area contributed by atoms with E-state index < -0.39 is 9.84 Å². The third-order valence-electron chi connectivity index (χ3n) is 3.38. The molecule has 0 atom stereocenters. The number of sulfone groups is 1. The van der Waals surface area contributed by atoms with Gasteiger partial charge in [0.2, 0.25) is 15.0 Å². The van der Waals surface area contributed by atoms with Crippen LogP contribution in [0, 0.1) is 0 Å². The predicted octanol–water partition coefficient (Wildman–Crippen LogP) is 2.30. The Morgan fingerprint density at radius 3 is 3.00 bits per heavy atom. The average Bonchev–Trinajstić information content (AvgIpc) is 2.95. The van der Waals surface area contributed by atoms with Gasteiger partial charge in [-0.15, -0.1) is 21.5 Å². The van der Waals surface area contributed by atoms with Gasteiger partial charge in [-0.3, -0.25) is 0 Å². The number of furan rings is 1. The Hall–Kier alpha value is -2.00. The van der Waals surface area contributed by atoms with Gasteiger partial charge in [0.05, 0.1) is 12.0 Å². The Balaban J connectivity index is 1.61. The van der Waals surface area contributed by atoms with E-state index in [-0.39, 0.29) is 17.0 Å². The quantitative estimate of drug-likeness (QED) is 0.710. The molecule has 0 N–H and O–H groups in total. The molecule has 9 heteroatoms. The zero-order valence-electron chi connectivity index (χ0n) is 11.4. The molecule has 22 heavy (non-hydrogen) atoms. The minimum Gasteiger partial charge on any atom is -0.462 e. The summed E-state index contributed by atoms with van der Waals surface area (Å²) in [6.07, 6.45) is 4.99. The molecule has 0 amide bonds. The van der Waals surface area contributed by atoms with Gasteiger partial charge < -0.3 is 8.98 Å². The summed E-state index contributed by atoms with van der Waals surface area (Å²) >= 11 is 1.36. The molecule has 3 heterocycles. The fraction of sp³-hybridized carbons (Fsp3) is 0.308. The molecule has 3 aromatic heterocycles. The van der Waals surface area contributed by atoms with Crippen LogP contribution in [0.1, 0.15) is 24.6 Å². The van der Waals surface area contributed by atoms with Crippen LogP contribution in [0.2, 0.25) is 0 Å². The Kier molecular flexibility index (Phi) is 3.12. The van der Waals surface area contributed by atoms with Crippen LogP contribution in [0.4, 0.5) is 0 Å². The highest BCUT2D eigenvalue weighted by atomic mass is 32.2. The number of aromatic nitrogens is 4. The molecule has 114 valence electrons. The van der Waals surface area contributed by atoms with Gasteiger partial charge in [0.1, 0.15) is 12.1 Å². The molecular weight excluding hydrogens is 324 g/mol. The van der Waals surface area contributed by atoms with E-state index in [9.17, 15) is 8.42 Å². The fourth-order valence-electron chi connectivity index (χ4n) is 2.20. The minimum absolute atomic E-state index is 0.0301. The second-order valence-corrected chi connectivity index (χ2v) is 7.87. The third kappa shape index (κ3) is 2.46. The maximum absolute atomic E-state index is 12.5. The van der Waals surface area contributed by atoms with Gasteiger partial charge in [-0.1, -0.05) is 0 Å². The molecule has 0 unspecified atom stereocenters. The van der Waals surface area contributed by atoms with Crippen LogP contribution >= 0.6 is 11.3 Å². The number of hydrogen-bond donors (Lipinski definition) is 0. The van der Waals surface area contributed by atoms with Gasteiger partial charge in [0.15, 0.2) is 10.8 Å². The van der Waals surface area contributed by atoms with Crippen molar-refractivity contribution in [3.05, 3.63) is 35.8 Å². The molecule has 4 rings (SSSR count). The zero-order chi connectivity index (χ0) is 15.2. The summed E-state index contributed by atoms with van der Waals surface area (Å²) in [4.78, 5) is 4.33. The van der Waals surface area contributed by atoms with Crippen molar-refractivity contribution in [2.45, 2.75) is 29.8 Å². The highest BCUT2D eigenvalue weighted by Crippen LogP contribution is 2.36. The molecule has 1 fully saturated rings. The lowest BCUT2D eigenvalue weighted by Crippen LogP contribution is -2.12. The Morgan fingerprint density at radius 2 is 2.27 bits per heavy atom. The topological polar surface area (TPSA) is 90.9 Å². The van der Waals surface area contributed by atoms with Gasteiger partial charge in [-0.05, 0) is 25.0 Å². The molecule has 1 aliphatic rings. The van der Waals surface area contributed by atoms with E-state index >= 15 is 0 Å². The van der Waals surface area contributed by atoms with Crippen LogP contribution in [-0.4, -0.2) is 28.2 Å². The number of thiazole rings is 1. The van der Waals surface area contributed by atoms with Crippen molar-refractivity contribution in [3.63, 3.8) is 0 Å². The second-order valence-electron chi connectivity index (χ2n) is 5.13. The van der Waals surface area contributed by atoms with Crippen molar-refractivity contribution in [3.8, 4) is 10.8 Å². The standard InChI is InChI=1S/C13H12N4O3S2/c18-22(19,13-16-14-8-17(13)10-3-4-10)7-9-6-21-12(15-9)11-2-1-5-20-11/h1-2,5-6,8,10H,3-4,7H2. The number of nitrogens with zero attached hydrogens (tertiary/aromatic N) is 4.